The summed E-state index contributed by atoms with van der Waals surface area (Å²) < 4.78 is 0. The highest BCUT2D eigenvalue weighted by Gasteiger charge is 2.35. The Morgan fingerprint density at radius 2 is 2.23 bits per heavy atom. The Balaban J connectivity index is 2.01. The van der Waals surface area contributed by atoms with Crippen molar-refractivity contribution in [3.05, 3.63) is 0 Å². The molecule has 0 radical (unpaired) electrons. The second kappa shape index (κ2) is 5.61. The zero-order valence-electron chi connectivity index (χ0n) is 9.05. The molecule has 1 saturated carbocycles. The van der Waals surface area contributed by atoms with Gasteiger partial charge in [0.25, 0.3) is 0 Å². The summed E-state index contributed by atoms with van der Waals surface area (Å²) in [5.41, 5.74) is 5.64. The summed E-state index contributed by atoms with van der Waals surface area (Å²) in [5.74, 6) is 1.66. The minimum absolute atomic E-state index is 0.683. The molecule has 13 heavy (non-hydrogen) atoms. The largest absolute Gasteiger partial charge is 0.330 e. The van der Waals surface area contributed by atoms with E-state index in [0.29, 0.717) is 5.92 Å². The average molecular weight is 184 g/mol. The second-order valence-electron chi connectivity index (χ2n) is 4.31. The molecular formula is C11H24N2. The summed E-state index contributed by atoms with van der Waals surface area (Å²) in [6, 6.07) is 0.820. The molecule has 1 aliphatic rings. The fraction of sp³-hybridized carbons (Fsp3) is 1.00. The Morgan fingerprint density at radius 1 is 1.46 bits per heavy atom. The molecular weight excluding hydrogens is 160 g/mol. The van der Waals surface area contributed by atoms with Crippen molar-refractivity contribution in [2.24, 2.45) is 17.6 Å². The van der Waals surface area contributed by atoms with E-state index in [4.69, 9.17) is 5.73 Å². The number of hydrogen-bond acceptors (Lipinski definition) is 2. The van der Waals surface area contributed by atoms with Crippen molar-refractivity contribution in [1.82, 2.24) is 5.32 Å². The zero-order chi connectivity index (χ0) is 9.68. The van der Waals surface area contributed by atoms with Gasteiger partial charge in [-0.15, -0.1) is 0 Å². The first-order chi connectivity index (χ1) is 6.31. The van der Waals surface area contributed by atoms with Crippen LogP contribution in [0.15, 0.2) is 0 Å². The van der Waals surface area contributed by atoms with Crippen LogP contribution in [0.4, 0.5) is 0 Å². The molecule has 0 amide bonds. The molecule has 0 aliphatic heterocycles. The van der Waals surface area contributed by atoms with E-state index in [-0.39, 0.29) is 0 Å². The van der Waals surface area contributed by atoms with Crippen molar-refractivity contribution in [3.63, 3.8) is 0 Å². The molecule has 0 saturated heterocycles. The van der Waals surface area contributed by atoms with Crippen LogP contribution in [0.3, 0.4) is 0 Å². The molecule has 2 heteroatoms. The summed E-state index contributed by atoms with van der Waals surface area (Å²) >= 11 is 0. The van der Waals surface area contributed by atoms with Crippen LogP contribution in [0.2, 0.25) is 0 Å². The first-order valence-corrected chi connectivity index (χ1v) is 5.75. The third-order valence-corrected chi connectivity index (χ3v) is 3.16. The first kappa shape index (κ1) is 11.0. The van der Waals surface area contributed by atoms with E-state index in [0.717, 1.165) is 25.0 Å². The van der Waals surface area contributed by atoms with Gasteiger partial charge in [-0.1, -0.05) is 26.7 Å². The van der Waals surface area contributed by atoms with Gasteiger partial charge < -0.3 is 11.1 Å². The van der Waals surface area contributed by atoms with Gasteiger partial charge in [0, 0.05) is 6.04 Å². The Hall–Kier alpha value is -0.0800. The molecule has 0 heterocycles. The predicted molar refractivity (Wildman–Crippen MR) is 57.6 cm³/mol. The van der Waals surface area contributed by atoms with Gasteiger partial charge in [0.05, 0.1) is 0 Å². The van der Waals surface area contributed by atoms with E-state index in [1.807, 2.05) is 0 Å². The maximum atomic E-state index is 5.64. The summed E-state index contributed by atoms with van der Waals surface area (Å²) in [6.45, 7) is 6.44. The molecule has 0 spiro atoms. The third-order valence-electron chi connectivity index (χ3n) is 3.16. The fourth-order valence-electron chi connectivity index (χ4n) is 1.90. The summed E-state index contributed by atoms with van der Waals surface area (Å²) in [6.07, 6.45) is 5.33. The van der Waals surface area contributed by atoms with E-state index >= 15 is 0 Å². The lowest BCUT2D eigenvalue weighted by atomic mass is 10.1. The van der Waals surface area contributed by atoms with Crippen LogP contribution in [0, 0.1) is 11.8 Å². The van der Waals surface area contributed by atoms with Crippen molar-refractivity contribution < 1.29 is 0 Å². The van der Waals surface area contributed by atoms with Crippen molar-refractivity contribution in [2.75, 3.05) is 13.1 Å². The molecule has 0 bridgehead atoms. The third kappa shape index (κ3) is 3.65. The van der Waals surface area contributed by atoms with E-state index in [2.05, 4.69) is 19.2 Å². The Labute approximate surface area is 82.3 Å². The Bertz CT molecular complexity index is 132. The molecule has 78 valence electrons. The van der Waals surface area contributed by atoms with E-state index < -0.39 is 0 Å². The lowest BCUT2D eigenvalue weighted by Crippen LogP contribution is -2.29. The molecule has 3 N–H and O–H groups in total. The van der Waals surface area contributed by atoms with E-state index in [9.17, 15) is 0 Å². The molecule has 1 rings (SSSR count). The van der Waals surface area contributed by atoms with E-state index in [1.54, 1.807) is 0 Å². The predicted octanol–water partition coefficient (Wildman–Crippen LogP) is 1.75. The quantitative estimate of drug-likeness (QED) is 0.632. The van der Waals surface area contributed by atoms with Gasteiger partial charge in [-0.05, 0) is 37.8 Å². The maximum absolute atomic E-state index is 5.64. The van der Waals surface area contributed by atoms with Crippen LogP contribution >= 0.6 is 0 Å². The van der Waals surface area contributed by atoms with Crippen molar-refractivity contribution in [2.45, 2.75) is 45.6 Å². The van der Waals surface area contributed by atoms with Gasteiger partial charge in [-0.3, -0.25) is 0 Å². The van der Waals surface area contributed by atoms with Gasteiger partial charge in [0.2, 0.25) is 0 Å². The fourth-order valence-corrected chi connectivity index (χ4v) is 1.90. The van der Waals surface area contributed by atoms with Crippen molar-refractivity contribution >= 4 is 0 Å². The monoisotopic (exact) mass is 184 g/mol. The van der Waals surface area contributed by atoms with Crippen LogP contribution in [0.5, 0.6) is 0 Å². The van der Waals surface area contributed by atoms with Gasteiger partial charge >= 0.3 is 0 Å². The topological polar surface area (TPSA) is 38.0 Å². The molecule has 0 aromatic carbocycles. The first-order valence-electron chi connectivity index (χ1n) is 5.75. The smallest absolute Gasteiger partial charge is 0.00992 e. The van der Waals surface area contributed by atoms with Crippen molar-refractivity contribution in [1.29, 1.82) is 0 Å². The number of hydrogen-bond donors (Lipinski definition) is 2. The summed E-state index contributed by atoms with van der Waals surface area (Å²) in [7, 11) is 0. The minimum Gasteiger partial charge on any atom is -0.330 e. The van der Waals surface area contributed by atoms with Gasteiger partial charge in [0.1, 0.15) is 0 Å². The lowest BCUT2D eigenvalue weighted by Gasteiger charge is -2.12. The van der Waals surface area contributed by atoms with Gasteiger partial charge in [-0.2, -0.15) is 0 Å². The average Bonchev–Trinajstić information content (AvgIpc) is 2.86. The second-order valence-corrected chi connectivity index (χ2v) is 4.31. The Kier molecular flexibility index (Phi) is 4.74. The normalized spacial score (nSPS) is 28.8. The number of rotatable bonds is 7. The van der Waals surface area contributed by atoms with Crippen LogP contribution in [0.1, 0.15) is 39.5 Å². The molecule has 3 unspecified atom stereocenters. The van der Waals surface area contributed by atoms with E-state index in [1.165, 1.54) is 25.7 Å². The highest BCUT2D eigenvalue weighted by molar-refractivity contribution is 4.92. The molecule has 0 aromatic rings. The highest BCUT2D eigenvalue weighted by atomic mass is 15.0. The maximum Gasteiger partial charge on any atom is 0.00992 e. The number of nitrogens with one attached hydrogen (secondary N) is 1. The molecule has 1 fully saturated rings. The van der Waals surface area contributed by atoms with Gasteiger partial charge in [0.15, 0.2) is 0 Å². The summed E-state index contributed by atoms with van der Waals surface area (Å²) in [4.78, 5) is 0. The molecule has 1 aliphatic carbocycles. The lowest BCUT2D eigenvalue weighted by molar-refractivity contribution is 0.459. The van der Waals surface area contributed by atoms with Crippen molar-refractivity contribution in [3.8, 4) is 0 Å². The molecule has 3 atom stereocenters. The van der Waals surface area contributed by atoms with Crippen LogP contribution in [-0.2, 0) is 0 Å². The Morgan fingerprint density at radius 3 is 2.77 bits per heavy atom. The van der Waals surface area contributed by atoms with Crippen LogP contribution in [-0.4, -0.2) is 19.1 Å². The molecule has 0 aromatic heterocycles. The highest BCUT2D eigenvalue weighted by Crippen LogP contribution is 2.34. The minimum atomic E-state index is 0.683. The van der Waals surface area contributed by atoms with Gasteiger partial charge in [-0.25, -0.2) is 0 Å². The zero-order valence-corrected chi connectivity index (χ0v) is 9.05. The molecule has 2 nitrogen and oxygen atoms in total. The summed E-state index contributed by atoms with van der Waals surface area (Å²) in [5, 5.41) is 3.61. The standard InChI is InChI=1S/C11H24N2/c1-3-5-10-6-11(10)13-8-9(4-2)7-12/h9-11,13H,3-8,12H2,1-2H3. The SMILES string of the molecule is CCCC1CC1NCC(CC)CN. The van der Waals surface area contributed by atoms with Crippen LogP contribution in [0.25, 0.3) is 0 Å². The van der Waals surface area contributed by atoms with Crippen LogP contribution < -0.4 is 11.1 Å². The number of nitrogens with two attached hydrogens (primary N) is 1.